The summed E-state index contributed by atoms with van der Waals surface area (Å²) >= 11 is 5.62. The fourth-order valence-electron chi connectivity index (χ4n) is 1.42. The van der Waals surface area contributed by atoms with E-state index in [1.54, 1.807) is 6.07 Å². The van der Waals surface area contributed by atoms with Crippen LogP contribution < -0.4 is 0 Å². The summed E-state index contributed by atoms with van der Waals surface area (Å²) in [7, 11) is 2.82. The van der Waals surface area contributed by atoms with Gasteiger partial charge in [-0.1, -0.05) is 17.7 Å². The molecule has 0 fully saturated rings. The van der Waals surface area contributed by atoms with Crippen LogP contribution in [0, 0.1) is 5.82 Å². The van der Waals surface area contributed by atoms with Crippen molar-refractivity contribution >= 4 is 11.6 Å². The van der Waals surface area contributed by atoms with Crippen molar-refractivity contribution in [2.45, 2.75) is 18.8 Å². The quantitative estimate of drug-likeness (QED) is 0.810. The van der Waals surface area contributed by atoms with Crippen molar-refractivity contribution in [2.75, 3.05) is 14.2 Å². The maximum Gasteiger partial charge on any atom is 0.183 e. The predicted molar refractivity (Wildman–Crippen MR) is 58.9 cm³/mol. The number of rotatable bonds is 5. The summed E-state index contributed by atoms with van der Waals surface area (Å²) < 4.78 is 23.2. The van der Waals surface area contributed by atoms with Crippen LogP contribution in [-0.2, 0) is 15.9 Å². The minimum absolute atomic E-state index is 0.106. The molecule has 0 aliphatic rings. The highest BCUT2D eigenvalue weighted by Crippen LogP contribution is 2.17. The number of benzene rings is 1. The Labute approximate surface area is 98.7 Å². The zero-order valence-corrected chi connectivity index (χ0v) is 9.87. The van der Waals surface area contributed by atoms with Gasteiger partial charge in [0, 0.05) is 25.7 Å². The van der Waals surface area contributed by atoms with Crippen molar-refractivity contribution in [3.05, 3.63) is 34.6 Å². The molecule has 0 bridgehead atoms. The Morgan fingerprint density at radius 1 is 1.38 bits per heavy atom. The summed E-state index contributed by atoms with van der Waals surface area (Å²) in [4.78, 5) is 0. The largest absolute Gasteiger partial charge is 0.387 e. The van der Waals surface area contributed by atoms with Crippen LogP contribution in [0.3, 0.4) is 0 Å². The second-order valence-corrected chi connectivity index (χ2v) is 3.78. The van der Waals surface area contributed by atoms with Crippen LogP contribution in [0.25, 0.3) is 0 Å². The molecule has 0 radical (unpaired) electrons. The van der Waals surface area contributed by atoms with Gasteiger partial charge in [0.25, 0.3) is 0 Å². The van der Waals surface area contributed by atoms with Gasteiger partial charge in [-0.25, -0.2) is 4.39 Å². The molecule has 1 atom stereocenters. The van der Waals surface area contributed by atoms with Crippen molar-refractivity contribution in [1.82, 2.24) is 0 Å². The molecule has 0 saturated carbocycles. The van der Waals surface area contributed by atoms with E-state index in [2.05, 4.69) is 0 Å². The summed E-state index contributed by atoms with van der Waals surface area (Å²) in [5, 5.41) is 10.0. The fourth-order valence-corrected chi connectivity index (χ4v) is 1.58. The van der Waals surface area contributed by atoms with Gasteiger partial charge in [-0.15, -0.1) is 0 Å². The van der Waals surface area contributed by atoms with E-state index < -0.39 is 18.2 Å². The normalized spacial score (nSPS) is 13.1. The summed E-state index contributed by atoms with van der Waals surface area (Å²) in [6, 6.07) is 4.31. The monoisotopic (exact) mass is 248 g/mol. The third-order valence-corrected chi connectivity index (χ3v) is 2.46. The Kier molecular flexibility index (Phi) is 5.15. The molecule has 0 spiro atoms. The van der Waals surface area contributed by atoms with Crippen LogP contribution in [0.4, 0.5) is 4.39 Å². The van der Waals surface area contributed by atoms with E-state index >= 15 is 0 Å². The first kappa shape index (κ1) is 13.4. The Bertz CT molecular complexity index is 342. The van der Waals surface area contributed by atoms with E-state index in [9.17, 15) is 9.50 Å². The van der Waals surface area contributed by atoms with Gasteiger partial charge in [-0.3, -0.25) is 0 Å². The lowest BCUT2D eigenvalue weighted by molar-refractivity contribution is -0.163. The lowest BCUT2D eigenvalue weighted by Crippen LogP contribution is -2.31. The van der Waals surface area contributed by atoms with Crippen LogP contribution in [0.5, 0.6) is 0 Å². The SMILES string of the molecule is COC(OC)C(O)Cc1ccc(Cl)cc1F. The number of aliphatic hydroxyl groups excluding tert-OH is 1. The van der Waals surface area contributed by atoms with Crippen LogP contribution >= 0.6 is 11.6 Å². The number of halogens is 2. The molecule has 0 aliphatic heterocycles. The van der Waals surface area contributed by atoms with Gasteiger partial charge in [0.1, 0.15) is 11.9 Å². The molecule has 1 rings (SSSR count). The van der Waals surface area contributed by atoms with Crippen molar-refractivity contribution in [3.8, 4) is 0 Å². The molecule has 5 heteroatoms. The lowest BCUT2D eigenvalue weighted by atomic mass is 10.1. The second kappa shape index (κ2) is 6.15. The van der Waals surface area contributed by atoms with Crippen LogP contribution in [-0.4, -0.2) is 31.7 Å². The van der Waals surface area contributed by atoms with Gasteiger partial charge >= 0.3 is 0 Å². The molecule has 0 amide bonds. The number of hydrogen-bond acceptors (Lipinski definition) is 3. The standard InChI is InChI=1S/C11H14ClFO3/c1-15-11(16-2)10(14)5-7-3-4-8(12)6-9(7)13/h3-4,6,10-11,14H,5H2,1-2H3. The molecule has 1 aromatic carbocycles. The highest BCUT2D eigenvalue weighted by molar-refractivity contribution is 6.30. The molecule has 3 nitrogen and oxygen atoms in total. The summed E-state index contributed by atoms with van der Waals surface area (Å²) in [6.07, 6.45) is -1.59. The predicted octanol–water partition coefficient (Wildman–Crippen LogP) is 2.00. The van der Waals surface area contributed by atoms with Crippen LogP contribution in [0.1, 0.15) is 5.56 Å². The van der Waals surface area contributed by atoms with Gasteiger partial charge < -0.3 is 14.6 Å². The molecule has 90 valence electrons. The summed E-state index contributed by atoms with van der Waals surface area (Å²) in [5.41, 5.74) is 0.371. The lowest BCUT2D eigenvalue weighted by Gasteiger charge is -2.20. The Hall–Kier alpha value is -0.680. The topological polar surface area (TPSA) is 38.7 Å². The third-order valence-electron chi connectivity index (χ3n) is 2.22. The van der Waals surface area contributed by atoms with Crippen molar-refractivity contribution in [1.29, 1.82) is 0 Å². The number of hydrogen-bond donors (Lipinski definition) is 1. The molecule has 1 aromatic rings. The van der Waals surface area contributed by atoms with E-state index in [4.69, 9.17) is 21.1 Å². The van der Waals surface area contributed by atoms with Crippen molar-refractivity contribution < 1.29 is 19.0 Å². The molecular formula is C11H14ClFO3. The Morgan fingerprint density at radius 2 is 2.00 bits per heavy atom. The first-order valence-electron chi connectivity index (χ1n) is 4.76. The number of aliphatic hydroxyl groups is 1. The maximum absolute atomic E-state index is 13.4. The molecule has 0 saturated heterocycles. The zero-order valence-electron chi connectivity index (χ0n) is 9.11. The molecule has 0 aliphatic carbocycles. The fraction of sp³-hybridized carbons (Fsp3) is 0.455. The number of methoxy groups -OCH3 is 2. The second-order valence-electron chi connectivity index (χ2n) is 3.35. The van der Waals surface area contributed by atoms with E-state index in [1.807, 2.05) is 0 Å². The highest BCUT2D eigenvalue weighted by Gasteiger charge is 2.19. The molecule has 1 unspecified atom stereocenters. The number of ether oxygens (including phenoxy) is 2. The van der Waals surface area contributed by atoms with Crippen LogP contribution in [0.15, 0.2) is 18.2 Å². The van der Waals surface area contributed by atoms with Crippen LogP contribution in [0.2, 0.25) is 5.02 Å². The minimum Gasteiger partial charge on any atom is -0.387 e. The molecule has 1 N–H and O–H groups in total. The molecule has 0 aromatic heterocycles. The average molecular weight is 249 g/mol. The summed E-state index contributed by atoms with van der Waals surface area (Å²) in [5.74, 6) is -0.447. The first-order chi connectivity index (χ1) is 7.58. The van der Waals surface area contributed by atoms with Gasteiger partial charge in [-0.2, -0.15) is 0 Å². The molecule has 16 heavy (non-hydrogen) atoms. The molecule has 0 heterocycles. The maximum atomic E-state index is 13.4. The highest BCUT2D eigenvalue weighted by atomic mass is 35.5. The van der Waals surface area contributed by atoms with Gasteiger partial charge in [0.15, 0.2) is 6.29 Å². The van der Waals surface area contributed by atoms with Gasteiger partial charge in [0.05, 0.1) is 0 Å². The first-order valence-corrected chi connectivity index (χ1v) is 5.14. The van der Waals surface area contributed by atoms with E-state index in [1.165, 1.54) is 26.4 Å². The van der Waals surface area contributed by atoms with E-state index in [0.29, 0.717) is 10.6 Å². The Balaban J connectivity index is 2.72. The van der Waals surface area contributed by atoms with Gasteiger partial charge in [-0.05, 0) is 17.7 Å². The summed E-state index contributed by atoms with van der Waals surface area (Å²) in [6.45, 7) is 0. The van der Waals surface area contributed by atoms with Gasteiger partial charge in [0.2, 0.25) is 0 Å². The third kappa shape index (κ3) is 3.42. The van der Waals surface area contributed by atoms with Crippen molar-refractivity contribution in [2.24, 2.45) is 0 Å². The van der Waals surface area contributed by atoms with E-state index in [-0.39, 0.29) is 6.42 Å². The van der Waals surface area contributed by atoms with Crippen molar-refractivity contribution in [3.63, 3.8) is 0 Å². The smallest absolute Gasteiger partial charge is 0.183 e. The average Bonchev–Trinajstić information content (AvgIpc) is 2.24. The zero-order chi connectivity index (χ0) is 12.1. The minimum atomic E-state index is -0.925. The molecular weight excluding hydrogens is 235 g/mol. The van der Waals surface area contributed by atoms with E-state index in [0.717, 1.165) is 0 Å². The Morgan fingerprint density at radius 3 is 2.50 bits per heavy atom.